The molecule has 0 saturated heterocycles. The quantitative estimate of drug-likeness (QED) is 0.580. The second-order valence-electron chi connectivity index (χ2n) is 6.02. The van der Waals surface area contributed by atoms with E-state index in [1.54, 1.807) is 23.6 Å². The Labute approximate surface area is 166 Å². The molecule has 3 N–H and O–H groups in total. The number of hydrogen-bond acceptors (Lipinski definition) is 5. The number of rotatable bonds is 6. The molecule has 0 saturated carbocycles. The zero-order valence-corrected chi connectivity index (χ0v) is 16.3. The fourth-order valence-corrected chi connectivity index (χ4v) is 3.24. The molecule has 1 aromatic heterocycles. The molecule has 0 radical (unpaired) electrons. The minimum absolute atomic E-state index is 0.125. The van der Waals surface area contributed by atoms with E-state index in [0.717, 1.165) is 11.3 Å². The van der Waals surface area contributed by atoms with Crippen molar-refractivity contribution in [3.05, 3.63) is 65.2 Å². The number of aryl methyl sites for hydroxylation is 1. The number of hydrogen-bond donors (Lipinski definition) is 3. The molecule has 1 heterocycles. The molecule has 2 aromatic carbocycles. The molecule has 0 unspecified atom stereocenters. The van der Waals surface area contributed by atoms with Gasteiger partial charge in [-0.25, -0.2) is 9.78 Å². The fraction of sp³-hybridized carbons (Fsp3) is 0.150. The van der Waals surface area contributed by atoms with Gasteiger partial charge in [0.05, 0.1) is 24.9 Å². The van der Waals surface area contributed by atoms with Crippen LogP contribution < -0.4 is 20.7 Å². The Balaban J connectivity index is 1.55. The van der Waals surface area contributed by atoms with Gasteiger partial charge < -0.3 is 15.4 Å². The van der Waals surface area contributed by atoms with Crippen LogP contribution in [0.3, 0.4) is 0 Å². The highest BCUT2D eigenvalue weighted by molar-refractivity contribution is 7.14. The lowest BCUT2D eigenvalue weighted by molar-refractivity contribution is -0.115. The Morgan fingerprint density at radius 1 is 1.07 bits per heavy atom. The smallest absolute Gasteiger partial charge is 0.325 e. The minimum atomic E-state index is -0.436. The predicted molar refractivity (Wildman–Crippen MR) is 111 cm³/mol. The number of ether oxygens (including phenoxy) is 1. The van der Waals surface area contributed by atoms with Crippen LogP contribution in [0.4, 0.5) is 21.3 Å². The van der Waals surface area contributed by atoms with Crippen LogP contribution in [0.2, 0.25) is 0 Å². The van der Waals surface area contributed by atoms with Gasteiger partial charge >= 0.3 is 6.03 Å². The molecule has 0 fully saturated rings. The second kappa shape index (κ2) is 9.01. The predicted octanol–water partition coefficient (Wildman–Crippen LogP) is 4.29. The summed E-state index contributed by atoms with van der Waals surface area (Å²) in [5, 5.41) is 10.4. The van der Waals surface area contributed by atoms with E-state index in [-0.39, 0.29) is 12.3 Å². The van der Waals surface area contributed by atoms with Crippen molar-refractivity contribution in [3.63, 3.8) is 0 Å². The molecule has 0 aliphatic heterocycles. The van der Waals surface area contributed by atoms with Crippen molar-refractivity contribution in [2.24, 2.45) is 0 Å². The summed E-state index contributed by atoms with van der Waals surface area (Å²) >= 11 is 1.25. The average molecular weight is 396 g/mol. The fourth-order valence-electron chi connectivity index (χ4n) is 2.54. The van der Waals surface area contributed by atoms with Gasteiger partial charge in [-0.3, -0.25) is 10.1 Å². The molecule has 0 aliphatic rings. The number of methoxy groups -OCH3 is 1. The first-order valence-electron chi connectivity index (χ1n) is 8.55. The van der Waals surface area contributed by atoms with Gasteiger partial charge in [0.2, 0.25) is 5.91 Å². The SMILES string of the molecule is COc1ccccc1NC(=O)Nc1nc(CC(=O)Nc2cccc(C)c2)cs1. The van der Waals surface area contributed by atoms with E-state index in [9.17, 15) is 9.59 Å². The maximum Gasteiger partial charge on any atom is 0.325 e. The van der Waals surface area contributed by atoms with E-state index >= 15 is 0 Å². The maximum absolute atomic E-state index is 12.2. The number of nitrogens with zero attached hydrogens (tertiary/aromatic N) is 1. The van der Waals surface area contributed by atoms with Gasteiger partial charge in [-0.1, -0.05) is 24.3 Å². The Kier molecular flexibility index (Phi) is 6.23. The lowest BCUT2D eigenvalue weighted by Gasteiger charge is -2.09. The van der Waals surface area contributed by atoms with Crippen LogP contribution in [0.15, 0.2) is 53.9 Å². The second-order valence-corrected chi connectivity index (χ2v) is 6.88. The number of carbonyl (C=O) groups excluding carboxylic acids is 2. The number of thiazole rings is 1. The van der Waals surface area contributed by atoms with E-state index < -0.39 is 6.03 Å². The molecule has 3 rings (SSSR count). The molecule has 0 bridgehead atoms. The zero-order valence-electron chi connectivity index (χ0n) is 15.5. The van der Waals surface area contributed by atoms with Gasteiger partial charge in [0, 0.05) is 11.1 Å². The van der Waals surface area contributed by atoms with Crippen LogP contribution in [-0.2, 0) is 11.2 Å². The summed E-state index contributed by atoms with van der Waals surface area (Å²) in [5.41, 5.74) is 2.95. The largest absolute Gasteiger partial charge is 0.495 e. The number of para-hydroxylation sites is 2. The third-order valence-corrected chi connectivity index (χ3v) is 4.58. The Morgan fingerprint density at radius 2 is 1.89 bits per heavy atom. The molecule has 0 spiro atoms. The highest BCUT2D eigenvalue weighted by Crippen LogP contribution is 2.23. The maximum atomic E-state index is 12.2. The van der Waals surface area contributed by atoms with Crippen LogP contribution in [-0.4, -0.2) is 24.0 Å². The van der Waals surface area contributed by atoms with Crippen molar-refractivity contribution in [3.8, 4) is 5.75 Å². The Hall–Kier alpha value is -3.39. The topological polar surface area (TPSA) is 92.3 Å². The van der Waals surface area contributed by atoms with E-state index in [2.05, 4.69) is 20.9 Å². The summed E-state index contributed by atoms with van der Waals surface area (Å²) in [4.78, 5) is 28.6. The van der Waals surface area contributed by atoms with Crippen LogP contribution >= 0.6 is 11.3 Å². The highest BCUT2D eigenvalue weighted by Gasteiger charge is 2.11. The van der Waals surface area contributed by atoms with Crippen molar-refractivity contribution < 1.29 is 14.3 Å². The van der Waals surface area contributed by atoms with Gasteiger partial charge in [-0.05, 0) is 36.8 Å². The number of carbonyl (C=O) groups is 2. The van der Waals surface area contributed by atoms with Crippen molar-refractivity contribution in [2.75, 3.05) is 23.1 Å². The third-order valence-electron chi connectivity index (χ3n) is 3.77. The van der Waals surface area contributed by atoms with E-state index in [0.29, 0.717) is 22.3 Å². The van der Waals surface area contributed by atoms with Crippen LogP contribution in [0.1, 0.15) is 11.3 Å². The first-order chi connectivity index (χ1) is 13.5. The molecule has 144 valence electrons. The monoisotopic (exact) mass is 396 g/mol. The molecule has 3 amide bonds. The standard InChI is InChI=1S/C20H20N4O3S/c1-13-6-5-7-14(10-13)21-18(25)11-15-12-28-20(22-15)24-19(26)23-16-8-3-4-9-17(16)27-2/h3-10,12H,11H2,1-2H3,(H,21,25)(H2,22,23,24,26). The van der Waals surface area contributed by atoms with E-state index in [4.69, 9.17) is 4.74 Å². The van der Waals surface area contributed by atoms with Crippen LogP contribution in [0, 0.1) is 6.92 Å². The Morgan fingerprint density at radius 3 is 2.68 bits per heavy atom. The summed E-state index contributed by atoms with van der Waals surface area (Å²) in [6.07, 6.45) is 0.125. The normalized spacial score (nSPS) is 10.2. The van der Waals surface area contributed by atoms with Gasteiger partial charge in [-0.15, -0.1) is 11.3 Å². The molecule has 7 nitrogen and oxygen atoms in total. The first kappa shape index (κ1) is 19.4. The minimum Gasteiger partial charge on any atom is -0.495 e. The number of amides is 3. The highest BCUT2D eigenvalue weighted by atomic mass is 32.1. The number of benzene rings is 2. The van der Waals surface area contributed by atoms with Crippen molar-refractivity contribution in [1.82, 2.24) is 4.98 Å². The van der Waals surface area contributed by atoms with Gasteiger partial charge in [-0.2, -0.15) is 0 Å². The summed E-state index contributed by atoms with van der Waals surface area (Å²) in [6, 6.07) is 14.2. The van der Waals surface area contributed by atoms with Crippen molar-refractivity contribution in [1.29, 1.82) is 0 Å². The summed E-state index contributed by atoms with van der Waals surface area (Å²) in [5.74, 6) is 0.395. The van der Waals surface area contributed by atoms with Gasteiger partial charge in [0.1, 0.15) is 5.75 Å². The summed E-state index contributed by atoms with van der Waals surface area (Å²) < 4.78 is 5.20. The van der Waals surface area contributed by atoms with E-state index in [1.165, 1.54) is 18.4 Å². The van der Waals surface area contributed by atoms with Crippen LogP contribution in [0.25, 0.3) is 0 Å². The summed E-state index contributed by atoms with van der Waals surface area (Å²) in [6.45, 7) is 1.96. The van der Waals surface area contributed by atoms with Crippen LogP contribution in [0.5, 0.6) is 5.75 Å². The molecule has 0 atom stereocenters. The molecular weight excluding hydrogens is 376 g/mol. The number of urea groups is 1. The lowest BCUT2D eigenvalue weighted by Crippen LogP contribution is -2.20. The first-order valence-corrected chi connectivity index (χ1v) is 9.43. The number of aromatic nitrogens is 1. The zero-order chi connectivity index (χ0) is 19.9. The molecule has 8 heteroatoms. The molecular formula is C20H20N4O3S. The van der Waals surface area contributed by atoms with Crippen molar-refractivity contribution >= 4 is 39.8 Å². The van der Waals surface area contributed by atoms with Crippen molar-refractivity contribution in [2.45, 2.75) is 13.3 Å². The number of nitrogens with one attached hydrogen (secondary N) is 3. The molecule has 0 aliphatic carbocycles. The summed E-state index contributed by atoms with van der Waals surface area (Å²) in [7, 11) is 1.54. The lowest BCUT2D eigenvalue weighted by atomic mass is 10.2. The Bertz CT molecular complexity index is 987. The van der Waals surface area contributed by atoms with E-state index in [1.807, 2.05) is 37.3 Å². The number of anilines is 3. The average Bonchev–Trinajstić information content (AvgIpc) is 3.08. The third kappa shape index (κ3) is 5.31. The molecule has 3 aromatic rings. The molecule has 28 heavy (non-hydrogen) atoms. The van der Waals surface area contributed by atoms with Gasteiger partial charge in [0.15, 0.2) is 5.13 Å². The van der Waals surface area contributed by atoms with Gasteiger partial charge in [0.25, 0.3) is 0 Å².